The van der Waals surface area contributed by atoms with Crippen LogP contribution in [-0.2, 0) is 0 Å². The molecule has 0 radical (unpaired) electrons. The van der Waals surface area contributed by atoms with E-state index in [-0.39, 0.29) is 0 Å². The molecule has 54 heavy (non-hydrogen) atoms. The lowest BCUT2D eigenvalue weighted by Crippen LogP contribution is -1.91. The van der Waals surface area contributed by atoms with Gasteiger partial charge in [-0.05, 0) is 107 Å². The van der Waals surface area contributed by atoms with Crippen LogP contribution in [0.15, 0.2) is 191 Å². The van der Waals surface area contributed by atoms with E-state index >= 15 is 0 Å². The Morgan fingerprint density at radius 3 is 1.57 bits per heavy atom. The molecule has 0 atom stereocenters. The second-order valence-electron chi connectivity index (χ2n) is 14.4. The maximum absolute atomic E-state index is 6.66. The standard InChI is InChI=1S/C52H30O2/c1-2-11-33-26-37(23-20-31(33)10-1)51-41-17-5-3-15-39(41)50(40-16-4-6-18-42(40)51)36-13-9-12-34(27-36)35-22-21-32-24-25-43-46-29-45-38-14-7-8-19-47(38)53-48(45)30-49(46)54-52(43)44(32)28-35/h1-30H. The zero-order valence-electron chi connectivity index (χ0n) is 29.1. The van der Waals surface area contributed by atoms with Gasteiger partial charge in [0.15, 0.2) is 0 Å². The molecule has 12 aromatic rings. The number of furan rings is 2. The van der Waals surface area contributed by atoms with Crippen LogP contribution in [0.5, 0.6) is 0 Å². The molecule has 0 N–H and O–H groups in total. The molecule has 0 spiro atoms. The number of hydrogen-bond acceptors (Lipinski definition) is 2. The molecule has 0 aliphatic carbocycles. The van der Waals surface area contributed by atoms with Gasteiger partial charge in [0, 0.05) is 33.0 Å². The van der Waals surface area contributed by atoms with E-state index in [0.29, 0.717) is 0 Å². The van der Waals surface area contributed by atoms with Crippen LogP contribution in [-0.4, -0.2) is 0 Å². The summed E-state index contributed by atoms with van der Waals surface area (Å²) in [7, 11) is 0. The Kier molecular flexibility index (Phi) is 6.09. The quantitative estimate of drug-likeness (QED) is 0.173. The Labute approximate surface area is 310 Å². The highest BCUT2D eigenvalue weighted by molar-refractivity contribution is 6.22. The van der Waals surface area contributed by atoms with Crippen molar-refractivity contribution in [2.45, 2.75) is 0 Å². The Balaban J connectivity index is 1.04. The summed E-state index contributed by atoms with van der Waals surface area (Å²) in [4.78, 5) is 0. The molecule has 0 aliphatic rings. The van der Waals surface area contributed by atoms with Crippen LogP contribution < -0.4 is 0 Å². The highest BCUT2D eigenvalue weighted by Crippen LogP contribution is 2.45. The molecule has 0 bridgehead atoms. The first-order chi connectivity index (χ1) is 26.7. The van der Waals surface area contributed by atoms with Crippen molar-refractivity contribution in [3.05, 3.63) is 182 Å². The number of benzene rings is 10. The Bertz CT molecular complexity index is 3450. The highest BCUT2D eigenvalue weighted by Gasteiger charge is 2.19. The van der Waals surface area contributed by atoms with Gasteiger partial charge in [0.25, 0.3) is 0 Å². The number of fused-ring (bicyclic) bond motifs is 11. The fraction of sp³-hybridized carbons (Fsp3) is 0. The summed E-state index contributed by atoms with van der Waals surface area (Å²) in [5, 5.41) is 14.2. The molecule has 2 heterocycles. The van der Waals surface area contributed by atoms with Gasteiger partial charge in [-0.15, -0.1) is 0 Å². The number of rotatable bonds is 3. The van der Waals surface area contributed by atoms with E-state index in [1.165, 1.54) is 60.1 Å². The van der Waals surface area contributed by atoms with Crippen molar-refractivity contribution < 1.29 is 8.83 Å². The first-order valence-corrected chi connectivity index (χ1v) is 18.5. The topological polar surface area (TPSA) is 26.3 Å². The van der Waals surface area contributed by atoms with Gasteiger partial charge in [-0.2, -0.15) is 0 Å². The summed E-state index contributed by atoms with van der Waals surface area (Å²) in [6, 6.07) is 65.9. The summed E-state index contributed by atoms with van der Waals surface area (Å²) < 4.78 is 12.9. The zero-order valence-corrected chi connectivity index (χ0v) is 29.1. The van der Waals surface area contributed by atoms with Crippen LogP contribution in [0.4, 0.5) is 0 Å². The van der Waals surface area contributed by atoms with Crippen LogP contribution in [0, 0.1) is 0 Å². The van der Waals surface area contributed by atoms with Crippen LogP contribution in [0.25, 0.3) is 120 Å². The summed E-state index contributed by atoms with van der Waals surface area (Å²) in [6.07, 6.45) is 0. The second kappa shape index (κ2) is 11.2. The van der Waals surface area contributed by atoms with E-state index in [1.807, 2.05) is 18.2 Å². The molecule has 0 unspecified atom stereocenters. The van der Waals surface area contributed by atoms with Crippen LogP contribution in [0.3, 0.4) is 0 Å². The molecule has 0 saturated heterocycles. The summed E-state index contributed by atoms with van der Waals surface area (Å²) >= 11 is 0. The third-order valence-corrected chi connectivity index (χ3v) is 11.4. The largest absolute Gasteiger partial charge is 0.456 e. The van der Waals surface area contributed by atoms with Gasteiger partial charge < -0.3 is 8.83 Å². The lowest BCUT2D eigenvalue weighted by molar-refractivity contribution is 0.658. The molecule has 2 aromatic heterocycles. The van der Waals surface area contributed by atoms with E-state index in [0.717, 1.165) is 60.2 Å². The van der Waals surface area contributed by atoms with Crippen molar-refractivity contribution in [1.82, 2.24) is 0 Å². The molecule has 0 saturated carbocycles. The van der Waals surface area contributed by atoms with Crippen LogP contribution >= 0.6 is 0 Å². The van der Waals surface area contributed by atoms with Crippen LogP contribution in [0.1, 0.15) is 0 Å². The predicted octanol–water partition coefficient (Wildman–Crippen LogP) is 15.1. The molecule has 2 nitrogen and oxygen atoms in total. The highest BCUT2D eigenvalue weighted by atomic mass is 16.3. The minimum Gasteiger partial charge on any atom is -0.456 e. The number of hydrogen-bond donors (Lipinski definition) is 0. The van der Waals surface area contributed by atoms with Gasteiger partial charge in [-0.3, -0.25) is 0 Å². The van der Waals surface area contributed by atoms with Gasteiger partial charge in [0.05, 0.1) is 0 Å². The van der Waals surface area contributed by atoms with E-state index in [9.17, 15) is 0 Å². The number of para-hydroxylation sites is 1. The smallest absolute Gasteiger partial charge is 0.143 e. The molecular formula is C52H30O2. The van der Waals surface area contributed by atoms with E-state index < -0.39 is 0 Å². The minimum absolute atomic E-state index is 0.836. The van der Waals surface area contributed by atoms with Crippen molar-refractivity contribution in [2.24, 2.45) is 0 Å². The monoisotopic (exact) mass is 686 g/mol. The Morgan fingerprint density at radius 2 is 0.796 bits per heavy atom. The molecule has 250 valence electrons. The van der Waals surface area contributed by atoms with Gasteiger partial charge in [0.1, 0.15) is 22.3 Å². The summed E-state index contributed by atoms with van der Waals surface area (Å²) in [6.45, 7) is 0. The average Bonchev–Trinajstić information content (AvgIpc) is 3.79. The molecule has 0 aliphatic heterocycles. The third-order valence-electron chi connectivity index (χ3n) is 11.4. The first-order valence-electron chi connectivity index (χ1n) is 18.5. The van der Waals surface area contributed by atoms with E-state index in [4.69, 9.17) is 8.83 Å². The summed E-state index contributed by atoms with van der Waals surface area (Å²) in [5.41, 5.74) is 10.7. The molecule has 12 rings (SSSR count). The second-order valence-corrected chi connectivity index (χ2v) is 14.4. The Hall–Kier alpha value is -7.16. The van der Waals surface area contributed by atoms with Gasteiger partial charge in [-0.25, -0.2) is 0 Å². The molecule has 2 heteroatoms. The fourth-order valence-corrected chi connectivity index (χ4v) is 8.90. The maximum atomic E-state index is 6.66. The predicted molar refractivity (Wildman–Crippen MR) is 227 cm³/mol. The molecule has 0 amide bonds. The normalized spacial score (nSPS) is 12.1. The van der Waals surface area contributed by atoms with Crippen molar-refractivity contribution >= 4 is 87.0 Å². The Morgan fingerprint density at radius 1 is 0.241 bits per heavy atom. The SMILES string of the molecule is c1cc(-c2ccc3ccc4c5cc6c(cc5oc4c3c2)oc2ccccc26)cc(-c2c3ccccc3c(-c3ccc4ccccc4c3)c3ccccc23)c1. The zero-order chi connectivity index (χ0) is 35.3. The summed E-state index contributed by atoms with van der Waals surface area (Å²) in [5.74, 6) is 0. The van der Waals surface area contributed by atoms with Crippen molar-refractivity contribution in [3.63, 3.8) is 0 Å². The van der Waals surface area contributed by atoms with Crippen molar-refractivity contribution in [3.8, 4) is 33.4 Å². The molecule has 10 aromatic carbocycles. The average molecular weight is 687 g/mol. The lowest BCUT2D eigenvalue weighted by atomic mass is 9.85. The van der Waals surface area contributed by atoms with Crippen molar-refractivity contribution in [2.75, 3.05) is 0 Å². The lowest BCUT2D eigenvalue weighted by Gasteiger charge is -2.18. The van der Waals surface area contributed by atoms with Gasteiger partial charge >= 0.3 is 0 Å². The van der Waals surface area contributed by atoms with Gasteiger partial charge in [0.2, 0.25) is 0 Å². The maximum Gasteiger partial charge on any atom is 0.143 e. The van der Waals surface area contributed by atoms with Crippen LogP contribution in [0.2, 0.25) is 0 Å². The van der Waals surface area contributed by atoms with E-state index in [1.54, 1.807) is 0 Å². The molecular weight excluding hydrogens is 657 g/mol. The van der Waals surface area contributed by atoms with E-state index in [2.05, 4.69) is 164 Å². The van der Waals surface area contributed by atoms with Crippen molar-refractivity contribution in [1.29, 1.82) is 0 Å². The van der Waals surface area contributed by atoms with Gasteiger partial charge in [-0.1, -0.05) is 140 Å². The fourth-order valence-electron chi connectivity index (χ4n) is 8.90. The first kappa shape index (κ1) is 29.4. The molecule has 0 fully saturated rings. The minimum atomic E-state index is 0.836. The third kappa shape index (κ3) is 4.28.